The molecule has 2 aliphatic rings. The summed E-state index contributed by atoms with van der Waals surface area (Å²) >= 11 is 6.11. The van der Waals surface area contributed by atoms with Crippen molar-refractivity contribution < 1.29 is 9.18 Å². The molecule has 1 aromatic rings. The Balaban J connectivity index is 1.64. The molecular formula is C17H22ClFN2O. The summed E-state index contributed by atoms with van der Waals surface area (Å²) in [6.07, 6.45) is 4.16. The lowest BCUT2D eigenvalue weighted by atomic mass is 9.96. The highest BCUT2D eigenvalue weighted by Gasteiger charge is 2.30. The summed E-state index contributed by atoms with van der Waals surface area (Å²) in [5, 5.41) is 0.466. The number of hydrogen-bond acceptors (Lipinski definition) is 2. The van der Waals surface area contributed by atoms with Crippen LogP contribution >= 0.6 is 11.6 Å². The Morgan fingerprint density at radius 1 is 1.23 bits per heavy atom. The van der Waals surface area contributed by atoms with Crippen LogP contribution in [0.3, 0.4) is 0 Å². The van der Waals surface area contributed by atoms with Gasteiger partial charge >= 0.3 is 0 Å². The maximum absolute atomic E-state index is 13.9. The largest absolute Gasteiger partial charge is 0.342 e. The minimum Gasteiger partial charge on any atom is -0.342 e. The molecule has 2 fully saturated rings. The molecule has 0 spiro atoms. The molecule has 0 N–H and O–H groups in total. The number of piperidine rings is 1. The van der Waals surface area contributed by atoms with E-state index in [-0.39, 0.29) is 17.6 Å². The van der Waals surface area contributed by atoms with Gasteiger partial charge in [0, 0.05) is 36.8 Å². The van der Waals surface area contributed by atoms with Crippen LogP contribution in [-0.2, 0) is 11.3 Å². The molecule has 120 valence electrons. The van der Waals surface area contributed by atoms with Crippen molar-refractivity contribution in [1.82, 2.24) is 9.80 Å². The number of rotatable bonds is 3. The van der Waals surface area contributed by atoms with E-state index in [2.05, 4.69) is 4.90 Å². The molecule has 3 nitrogen and oxygen atoms in total. The smallest absolute Gasteiger partial charge is 0.226 e. The van der Waals surface area contributed by atoms with Crippen molar-refractivity contribution in [3.8, 4) is 0 Å². The number of carbonyl (C=O) groups is 1. The topological polar surface area (TPSA) is 23.6 Å². The number of carbonyl (C=O) groups excluding carboxylic acids is 1. The minimum atomic E-state index is -0.263. The third kappa shape index (κ3) is 3.44. The zero-order valence-electron chi connectivity index (χ0n) is 12.7. The van der Waals surface area contributed by atoms with E-state index in [4.69, 9.17) is 11.6 Å². The van der Waals surface area contributed by atoms with Gasteiger partial charge in [-0.15, -0.1) is 0 Å². The first-order valence-corrected chi connectivity index (χ1v) is 8.47. The van der Waals surface area contributed by atoms with Crippen molar-refractivity contribution in [2.24, 2.45) is 5.92 Å². The molecule has 3 rings (SSSR count). The Hall–Kier alpha value is -1.13. The SMILES string of the molecule is O=C(C1CCCN(Cc2c(F)cccc2Cl)C1)N1CCCC1. The summed E-state index contributed by atoms with van der Waals surface area (Å²) < 4.78 is 13.9. The van der Waals surface area contributed by atoms with Crippen LogP contribution in [0.15, 0.2) is 18.2 Å². The number of hydrogen-bond donors (Lipinski definition) is 0. The van der Waals surface area contributed by atoms with Crippen molar-refractivity contribution in [2.45, 2.75) is 32.2 Å². The summed E-state index contributed by atoms with van der Waals surface area (Å²) in [5.74, 6) is 0.0692. The molecule has 1 unspecified atom stereocenters. The van der Waals surface area contributed by atoms with E-state index in [1.165, 1.54) is 6.07 Å². The predicted octanol–water partition coefficient (Wildman–Crippen LogP) is 3.31. The molecule has 22 heavy (non-hydrogen) atoms. The van der Waals surface area contributed by atoms with Crippen molar-refractivity contribution >= 4 is 17.5 Å². The second-order valence-electron chi connectivity index (χ2n) is 6.31. The molecule has 0 aliphatic carbocycles. The summed E-state index contributed by atoms with van der Waals surface area (Å²) in [5.41, 5.74) is 0.540. The number of halogens is 2. The van der Waals surface area contributed by atoms with Gasteiger partial charge in [0.05, 0.1) is 5.92 Å². The molecule has 2 aliphatic heterocycles. The Bertz CT molecular complexity index is 525. The second kappa shape index (κ2) is 6.97. The zero-order valence-corrected chi connectivity index (χ0v) is 13.5. The molecule has 0 radical (unpaired) electrons. The van der Waals surface area contributed by atoms with Gasteiger partial charge in [0.1, 0.15) is 5.82 Å². The molecule has 5 heteroatoms. The molecule has 2 saturated heterocycles. The van der Waals surface area contributed by atoms with E-state index in [1.54, 1.807) is 12.1 Å². The summed E-state index contributed by atoms with van der Waals surface area (Å²) in [7, 11) is 0. The van der Waals surface area contributed by atoms with Gasteiger partial charge < -0.3 is 4.90 Å². The Kier molecular flexibility index (Phi) is 4.99. The van der Waals surface area contributed by atoms with Crippen LogP contribution in [0.25, 0.3) is 0 Å². The summed E-state index contributed by atoms with van der Waals surface area (Å²) in [6, 6.07) is 4.78. The van der Waals surface area contributed by atoms with E-state index < -0.39 is 0 Å². The fourth-order valence-electron chi connectivity index (χ4n) is 3.50. The quantitative estimate of drug-likeness (QED) is 0.851. The molecular weight excluding hydrogens is 303 g/mol. The maximum Gasteiger partial charge on any atom is 0.226 e. The van der Waals surface area contributed by atoms with Gasteiger partial charge in [0.25, 0.3) is 0 Å². The van der Waals surface area contributed by atoms with Crippen LogP contribution < -0.4 is 0 Å². The van der Waals surface area contributed by atoms with E-state index >= 15 is 0 Å². The number of amides is 1. The fourth-order valence-corrected chi connectivity index (χ4v) is 3.73. The summed E-state index contributed by atoms with van der Waals surface area (Å²) in [4.78, 5) is 16.7. The molecule has 1 amide bonds. The maximum atomic E-state index is 13.9. The van der Waals surface area contributed by atoms with E-state index in [0.29, 0.717) is 23.7 Å². The van der Waals surface area contributed by atoms with Gasteiger partial charge in [0.15, 0.2) is 0 Å². The average molecular weight is 325 g/mol. The van der Waals surface area contributed by atoms with Crippen molar-refractivity contribution in [3.05, 3.63) is 34.6 Å². The Labute approximate surface area is 136 Å². The number of benzene rings is 1. The Morgan fingerprint density at radius 3 is 2.73 bits per heavy atom. The number of likely N-dealkylation sites (tertiary alicyclic amines) is 2. The van der Waals surface area contributed by atoms with Crippen molar-refractivity contribution in [2.75, 3.05) is 26.2 Å². The monoisotopic (exact) mass is 324 g/mol. The molecule has 0 bridgehead atoms. The van der Waals surface area contributed by atoms with E-state index in [1.807, 2.05) is 4.90 Å². The lowest BCUT2D eigenvalue weighted by molar-refractivity contribution is -0.136. The molecule has 2 heterocycles. The first kappa shape index (κ1) is 15.8. The second-order valence-corrected chi connectivity index (χ2v) is 6.71. The van der Waals surface area contributed by atoms with Crippen molar-refractivity contribution in [1.29, 1.82) is 0 Å². The van der Waals surface area contributed by atoms with E-state index in [9.17, 15) is 9.18 Å². The number of nitrogens with zero attached hydrogens (tertiary/aromatic N) is 2. The highest BCUT2D eigenvalue weighted by Crippen LogP contribution is 2.25. The van der Waals surface area contributed by atoms with Gasteiger partial charge in [-0.2, -0.15) is 0 Å². The first-order valence-electron chi connectivity index (χ1n) is 8.09. The van der Waals surface area contributed by atoms with Crippen LogP contribution in [0.1, 0.15) is 31.2 Å². The molecule has 1 atom stereocenters. The first-order chi connectivity index (χ1) is 10.6. The normalized spacial score (nSPS) is 23.0. The highest BCUT2D eigenvalue weighted by molar-refractivity contribution is 6.31. The third-order valence-corrected chi connectivity index (χ3v) is 5.07. The van der Waals surface area contributed by atoms with Gasteiger partial charge in [-0.1, -0.05) is 17.7 Å². The Morgan fingerprint density at radius 2 is 2.00 bits per heavy atom. The summed E-state index contributed by atoms with van der Waals surface area (Å²) in [6.45, 7) is 3.88. The van der Waals surface area contributed by atoms with Crippen LogP contribution in [0.4, 0.5) is 4.39 Å². The van der Waals surface area contributed by atoms with Gasteiger partial charge in [-0.05, 0) is 44.4 Å². The van der Waals surface area contributed by atoms with Crippen LogP contribution in [0.2, 0.25) is 5.02 Å². The highest BCUT2D eigenvalue weighted by atomic mass is 35.5. The lowest BCUT2D eigenvalue weighted by Gasteiger charge is -2.34. The van der Waals surface area contributed by atoms with Crippen molar-refractivity contribution in [3.63, 3.8) is 0 Å². The lowest BCUT2D eigenvalue weighted by Crippen LogP contribution is -2.43. The standard InChI is InChI=1S/C17H22ClFN2O/c18-15-6-3-7-16(19)14(15)12-20-8-4-5-13(11-20)17(22)21-9-1-2-10-21/h3,6-7,13H,1-2,4-5,8-12H2. The predicted molar refractivity (Wildman–Crippen MR) is 85.2 cm³/mol. The van der Waals surface area contributed by atoms with Gasteiger partial charge in [-0.3, -0.25) is 9.69 Å². The third-order valence-electron chi connectivity index (χ3n) is 4.72. The van der Waals surface area contributed by atoms with Gasteiger partial charge in [0.2, 0.25) is 5.91 Å². The molecule has 0 aromatic heterocycles. The van der Waals surface area contributed by atoms with E-state index in [0.717, 1.165) is 45.3 Å². The molecule has 0 saturated carbocycles. The van der Waals surface area contributed by atoms with Gasteiger partial charge in [-0.25, -0.2) is 4.39 Å². The molecule has 1 aromatic carbocycles. The van der Waals surface area contributed by atoms with Crippen LogP contribution in [0, 0.1) is 11.7 Å². The van der Waals surface area contributed by atoms with Crippen LogP contribution in [-0.4, -0.2) is 41.9 Å². The zero-order chi connectivity index (χ0) is 15.5. The minimum absolute atomic E-state index is 0.0531. The average Bonchev–Trinajstić information content (AvgIpc) is 3.05. The fraction of sp³-hybridized carbons (Fsp3) is 0.588. The van der Waals surface area contributed by atoms with Crippen LogP contribution in [0.5, 0.6) is 0 Å².